The lowest BCUT2D eigenvalue weighted by Gasteiger charge is -2.39. The monoisotopic (exact) mass is 378 g/mol. The van der Waals surface area contributed by atoms with Crippen molar-refractivity contribution in [3.05, 3.63) is 53.7 Å². The number of hydrogen-bond acceptors (Lipinski definition) is 4. The number of carbonyl (C=O) groups is 1. The van der Waals surface area contributed by atoms with Crippen molar-refractivity contribution in [2.24, 2.45) is 0 Å². The SMILES string of the molecule is Cc1ccc(NC(=O)c2ccc(N3CCC(N4CCCC4C)CC3)nc2)cc1. The number of nitrogens with zero attached hydrogens (tertiary/aromatic N) is 3. The van der Waals surface area contributed by atoms with Crippen molar-refractivity contribution in [3.8, 4) is 0 Å². The summed E-state index contributed by atoms with van der Waals surface area (Å²) in [6, 6.07) is 13.1. The van der Waals surface area contributed by atoms with Crippen molar-refractivity contribution >= 4 is 17.4 Å². The summed E-state index contributed by atoms with van der Waals surface area (Å²) in [6.45, 7) is 7.73. The fourth-order valence-electron chi connectivity index (χ4n) is 4.47. The van der Waals surface area contributed by atoms with E-state index in [1.807, 2.05) is 43.3 Å². The number of nitrogens with one attached hydrogen (secondary N) is 1. The van der Waals surface area contributed by atoms with Gasteiger partial charge in [-0.1, -0.05) is 17.7 Å². The molecular weight excluding hydrogens is 348 g/mol. The minimum absolute atomic E-state index is 0.121. The summed E-state index contributed by atoms with van der Waals surface area (Å²) < 4.78 is 0. The molecule has 1 unspecified atom stereocenters. The molecule has 1 atom stereocenters. The molecule has 4 rings (SSSR count). The summed E-state index contributed by atoms with van der Waals surface area (Å²) >= 11 is 0. The average Bonchev–Trinajstić information content (AvgIpc) is 3.16. The third-order valence-electron chi connectivity index (χ3n) is 6.18. The van der Waals surface area contributed by atoms with Gasteiger partial charge in [0, 0.05) is 37.1 Å². The van der Waals surface area contributed by atoms with E-state index < -0.39 is 0 Å². The van der Waals surface area contributed by atoms with Gasteiger partial charge in [0.05, 0.1) is 5.56 Å². The van der Waals surface area contributed by atoms with Gasteiger partial charge < -0.3 is 10.2 Å². The minimum Gasteiger partial charge on any atom is -0.357 e. The van der Waals surface area contributed by atoms with E-state index in [-0.39, 0.29) is 5.91 Å². The molecule has 2 saturated heterocycles. The second kappa shape index (κ2) is 8.31. The van der Waals surface area contributed by atoms with Gasteiger partial charge >= 0.3 is 0 Å². The molecule has 2 fully saturated rings. The van der Waals surface area contributed by atoms with Crippen molar-refractivity contribution in [1.29, 1.82) is 0 Å². The Kier molecular flexibility index (Phi) is 5.62. The maximum Gasteiger partial charge on any atom is 0.257 e. The van der Waals surface area contributed by atoms with E-state index in [1.165, 1.54) is 37.8 Å². The number of piperidine rings is 1. The van der Waals surface area contributed by atoms with Gasteiger partial charge in [-0.15, -0.1) is 0 Å². The molecule has 1 N–H and O–H groups in total. The topological polar surface area (TPSA) is 48.5 Å². The number of pyridine rings is 1. The zero-order valence-electron chi connectivity index (χ0n) is 16.9. The average molecular weight is 379 g/mol. The molecule has 0 spiro atoms. The number of anilines is 2. The van der Waals surface area contributed by atoms with Gasteiger partial charge in [-0.2, -0.15) is 0 Å². The molecule has 2 aliphatic rings. The molecule has 0 bridgehead atoms. The van der Waals surface area contributed by atoms with E-state index in [0.29, 0.717) is 11.6 Å². The van der Waals surface area contributed by atoms with Gasteiger partial charge in [-0.05, 0) is 70.3 Å². The summed E-state index contributed by atoms with van der Waals surface area (Å²) in [4.78, 5) is 22.0. The minimum atomic E-state index is -0.121. The van der Waals surface area contributed by atoms with Crippen LogP contribution < -0.4 is 10.2 Å². The molecule has 1 aromatic carbocycles. The zero-order valence-corrected chi connectivity index (χ0v) is 16.9. The number of hydrogen-bond donors (Lipinski definition) is 1. The first-order valence-electron chi connectivity index (χ1n) is 10.4. The highest BCUT2D eigenvalue weighted by Gasteiger charge is 2.30. The molecule has 0 radical (unpaired) electrons. The second-order valence-electron chi connectivity index (χ2n) is 8.17. The normalized spacial score (nSPS) is 21.1. The summed E-state index contributed by atoms with van der Waals surface area (Å²) in [5.41, 5.74) is 2.56. The number of aryl methyl sites for hydroxylation is 1. The Bertz CT molecular complexity index is 794. The highest BCUT2D eigenvalue weighted by Crippen LogP contribution is 2.27. The molecule has 2 aliphatic heterocycles. The van der Waals surface area contributed by atoms with E-state index in [9.17, 15) is 4.79 Å². The maximum atomic E-state index is 12.4. The van der Waals surface area contributed by atoms with E-state index in [1.54, 1.807) is 6.20 Å². The van der Waals surface area contributed by atoms with Gasteiger partial charge in [0.2, 0.25) is 0 Å². The van der Waals surface area contributed by atoms with Gasteiger partial charge in [-0.3, -0.25) is 9.69 Å². The van der Waals surface area contributed by atoms with E-state index in [0.717, 1.165) is 30.6 Å². The Morgan fingerprint density at radius 1 is 1.04 bits per heavy atom. The molecule has 1 amide bonds. The molecule has 1 aromatic heterocycles. The maximum absolute atomic E-state index is 12.4. The second-order valence-corrected chi connectivity index (χ2v) is 8.17. The van der Waals surface area contributed by atoms with Gasteiger partial charge in [0.1, 0.15) is 5.82 Å². The molecule has 5 nitrogen and oxygen atoms in total. The lowest BCUT2D eigenvalue weighted by Crippen LogP contribution is -2.46. The Morgan fingerprint density at radius 2 is 1.79 bits per heavy atom. The smallest absolute Gasteiger partial charge is 0.257 e. The fraction of sp³-hybridized carbons (Fsp3) is 0.478. The summed E-state index contributed by atoms with van der Waals surface area (Å²) in [5, 5.41) is 2.93. The van der Waals surface area contributed by atoms with Crippen LogP contribution in [0.5, 0.6) is 0 Å². The van der Waals surface area contributed by atoms with Crippen LogP contribution in [0.1, 0.15) is 48.5 Å². The van der Waals surface area contributed by atoms with Crippen molar-refractivity contribution in [2.45, 2.75) is 51.6 Å². The molecule has 0 saturated carbocycles. The van der Waals surface area contributed by atoms with Crippen LogP contribution in [0, 0.1) is 6.92 Å². The Labute approximate surface area is 167 Å². The molecule has 3 heterocycles. The Hall–Kier alpha value is -2.40. The highest BCUT2D eigenvalue weighted by molar-refractivity contribution is 6.04. The standard InChI is InChI=1S/C23H30N4O/c1-17-5-8-20(9-6-17)25-23(28)19-7-10-22(24-16-19)26-14-11-21(12-15-26)27-13-3-4-18(27)2/h5-10,16,18,21H,3-4,11-15H2,1-2H3,(H,25,28). The lowest BCUT2D eigenvalue weighted by atomic mass is 10.0. The molecule has 148 valence electrons. The van der Waals surface area contributed by atoms with E-state index in [2.05, 4.69) is 27.0 Å². The first kappa shape index (κ1) is 18.9. The predicted molar refractivity (Wildman–Crippen MR) is 114 cm³/mol. The van der Waals surface area contributed by atoms with E-state index in [4.69, 9.17) is 0 Å². The number of amides is 1. The quantitative estimate of drug-likeness (QED) is 0.870. The van der Waals surface area contributed by atoms with E-state index >= 15 is 0 Å². The summed E-state index contributed by atoms with van der Waals surface area (Å²) in [5.74, 6) is 0.851. The highest BCUT2D eigenvalue weighted by atomic mass is 16.1. The third-order valence-corrected chi connectivity index (χ3v) is 6.18. The lowest BCUT2D eigenvalue weighted by molar-refractivity contribution is 0.102. The van der Waals surface area contributed by atoms with Crippen LogP contribution in [0.15, 0.2) is 42.6 Å². The number of carbonyl (C=O) groups excluding carboxylic acids is 1. The van der Waals surface area contributed by atoms with Gasteiger partial charge in [0.25, 0.3) is 5.91 Å². The van der Waals surface area contributed by atoms with Crippen molar-refractivity contribution in [3.63, 3.8) is 0 Å². The molecule has 2 aromatic rings. The van der Waals surface area contributed by atoms with Gasteiger partial charge in [0.15, 0.2) is 0 Å². The number of aromatic nitrogens is 1. The Balaban J connectivity index is 1.33. The van der Waals surface area contributed by atoms with Crippen molar-refractivity contribution in [1.82, 2.24) is 9.88 Å². The summed E-state index contributed by atoms with van der Waals surface area (Å²) in [7, 11) is 0. The largest absolute Gasteiger partial charge is 0.357 e. The van der Waals surface area contributed by atoms with Gasteiger partial charge in [-0.25, -0.2) is 4.98 Å². The van der Waals surface area contributed by atoms with Crippen LogP contribution in [0.3, 0.4) is 0 Å². The first-order chi connectivity index (χ1) is 13.6. The third kappa shape index (κ3) is 4.20. The van der Waals surface area contributed by atoms with Crippen molar-refractivity contribution < 1.29 is 4.79 Å². The van der Waals surface area contributed by atoms with Crippen molar-refractivity contribution in [2.75, 3.05) is 29.9 Å². The molecule has 5 heteroatoms. The Morgan fingerprint density at radius 3 is 2.39 bits per heavy atom. The predicted octanol–water partition coefficient (Wildman–Crippen LogP) is 4.10. The molecule has 0 aliphatic carbocycles. The van der Waals surface area contributed by atoms with Crippen LogP contribution in [0.4, 0.5) is 11.5 Å². The number of benzene rings is 1. The number of likely N-dealkylation sites (tertiary alicyclic amines) is 1. The van der Waals surface area contributed by atoms with Crippen LogP contribution in [-0.2, 0) is 0 Å². The zero-order chi connectivity index (χ0) is 19.5. The fourth-order valence-corrected chi connectivity index (χ4v) is 4.47. The summed E-state index contributed by atoms with van der Waals surface area (Å²) in [6.07, 6.45) is 6.76. The van der Waals surface area contributed by atoms with Crippen LogP contribution in [0.25, 0.3) is 0 Å². The molecular formula is C23H30N4O. The van der Waals surface area contributed by atoms with Crippen LogP contribution in [0.2, 0.25) is 0 Å². The first-order valence-corrected chi connectivity index (χ1v) is 10.4. The number of rotatable bonds is 4. The van der Waals surface area contributed by atoms with Crippen LogP contribution >= 0.6 is 0 Å². The molecule has 28 heavy (non-hydrogen) atoms. The van der Waals surface area contributed by atoms with Crippen LogP contribution in [-0.4, -0.2) is 47.5 Å².